The van der Waals surface area contributed by atoms with Crippen molar-refractivity contribution in [2.45, 2.75) is 11.8 Å². The van der Waals surface area contributed by atoms with Gasteiger partial charge < -0.3 is 5.73 Å². The molecule has 0 saturated carbocycles. The highest BCUT2D eigenvalue weighted by atomic mass is 32.2. The first-order valence-electron chi connectivity index (χ1n) is 5.15. The topological polar surface area (TPSA) is 98.0 Å². The summed E-state index contributed by atoms with van der Waals surface area (Å²) < 4.78 is 26.6. The van der Waals surface area contributed by atoms with Crippen LogP contribution in [-0.2, 0) is 10.0 Å². The Morgan fingerprint density at radius 1 is 1.17 bits per heavy atom. The minimum Gasteiger partial charge on any atom is -0.398 e. The predicted octanol–water partition coefficient (Wildman–Crippen LogP) is 1.17. The largest absolute Gasteiger partial charge is 0.398 e. The molecular weight excluding hydrogens is 252 g/mol. The van der Waals surface area contributed by atoms with E-state index in [1.807, 2.05) is 0 Å². The van der Waals surface area contributed by atoms with Crippen molar-refractivity contribution in [3.8, 4) is 0 Å². The molecule has 1 aromatic carbocycles. The van der Waals surface area contributed by atoms with E-state index in [0.717, 1.165) is 0 Å². The second-order valence-corrected chi connectivity index (χ2v) is 5.29. The number of aromatic nitrogens is 2. The summed E-state index contributed by atoms with van der Waals surface area (Å²) in [6.07, 6.45) is 2.90. The normalized spacial score (nSPS) is 11.2. The summed E-state index contributed by atoms with van der Waals surface area (Å²) in [6, 6.07) is 6.51. The highest BCUT2D eigenvalue weighted by molar-refractivity contribution is 7.93. The van der Waals surface area contributed by atoms with Crippen LogP contribution in [0.25, 0.3) is 0 Å². The molecule has 0 bridgehead atoms. The number of nitrogens with zero attached hydrogens (tertiary/aromatic N) is 2. The van der Waals surface area contributed by atoms with Crippen molar-refractivity contribution in [3.05, 3.63) is 42.2 Å². The number of nitrogen functional groups attached to an aromatic ring is 1. The van der Waals surface area contributed by atoms with E-state index in [9.17, 15) is 8.42 Å². The van der Waals surface area contributed by atoms with Crippen LogP contribution < -0.4 is 10.5 Å². The van der Waals surface area contributed by atoms with Crippen LogP contribution in [0.3, 0.4) is 0 Å². The number of nitrogens with two attached hydrogens (primary N) is 1. The van der Waals surface area contributed by atoms with E-state index in [2.05, 4.69) is 14.7 Å². The van der Waals surface area contributed by atoms with E-state index in [0.29, 0.717) is 5.56 Å². The van der Waals surface area contributed by atoms with Gasteiger partial charge in [0.2, 0.25) is 5.95 Å². The van der Waals surface area contributed by atoms with Crippen molar-refractivity contribution in [1.82, 2.24) is 9.97 Å². The number of sulfonamides is 1. The number of aryl methyl sites for hydroxylation is 1. The van der Waals surface area contributed by atoms with Crippen molar-refractivity contribution in [1.29, 1.82) is 0 Å². The van der Waals surface area contributed by atoms with Crippen molar-refractivity contribution < 1.29 is 8.42 Å². The van der Waals surface area contributed by atoms with Crippen LogP contribution in [0.15, 0.2) is 41.6 Å². The van der Waals surface area contributed by atoms with Crippen molar-refractivity contribution >= 4 is 21.7 Å². The maximum Gasteiger partial charge on any atom is 0.266 e. The van der Waals surface area contributed by atoms with Gasteiger partial charge in [-0.2, -0.15) is 0 Å². The van der Waals surface area contributed by atoms with Crippen molar-refractivity contribution in [2.24, 2.45) is 0 Å². The third-order valence-electron chi connectivity index (χ3n) is 2.30. The van der Waals surface area contributed by atoms with E-state index in [1.165, 1.54) is 18.5 Å². The van der Waals surface area contributed by atoms with Gasteiger partial charge in [0.25, 0.3) is 10.0 Å². The Bertz CT molecular complexity index is 636. The fourth-order valence-corrected chi connectivity index (χ4v) is 2.88. The van der Waals surface area contributed by atoms with Crippen LogP contribution in [0.1, 0.15) is 5.56 Å². The second kappa shape index (κ2) is 4.61. The van der Waals surface area contributed by atoms with Gasteiger partial charge in [-0.3, -0.25) is 0 Å². The maximum atomic E-state index is 12.2. The molecule has 0 aliphatic heterocycles. The lowest BCUT2D eigenvalue weighted by Crippen LogP contribution is -2.17. The molecule has 0 spiro atoms. The van der Waals surface area contributed by atoms with Gasteiger partial charge in [0.15, 0.2) is 0 Å². The summed E-state index contributed by atoms with van der Waals surface area (Å²) in [5.74, 6) is 0.0140. The molecule has 0 aliphatic carbocycles. The highest BCUT2D eigenvalue weighted by Gasteiger charge is 2.20. The summed E-state index contributed by atoms with van der Waals surface area (Å²) >= 11 is 0. The summed E-state index contributed by atoms with van der Waals surface area (Å²) in [6.45, 7) is 1.68. The molecule has 1 heterocycles. The molecule has 6 nitrogen and oxygen atoms in total. The minimum absolute atomic E-state index is 0.0140. The van der Waals surface area contributed by atoms with E-state index in [4.69, 9.17) is 5.73 Å². The molecule has 0 saturated heterocycles. The van der Waals surface area contributed by atoms with Crippen LogP contribution in [-0.4, -0.2) is 18.4 Å². The first-order valence-corrected chi connectivity index (χ1v) is 6.64. The molecule has 18 heavy (non-hydrogen) atoms. The summed E-state index contributed by atoms with van der Waals surface area (Å²) in [4.78, 5) is 7.67. The van der Waals surface area contributed by atoms with Crippen LogP contribution in [0.4, 0.5) is 11.6 Å². The van der Waals surface area contributed by atoms with E-state index in [-0.39, 0.29) is 16.5 Å². The van der Waals surface area contributed by atoms with E-state index in [1.54, 1.807) is 25.1 Å². The summed E-state index contributed by atoms with van der Waals surface area (Å²) in [7, 11) is -3.77. The number of benzene rings is 1. The Kier molecular flexibility index (Phi) is 3.15. The van der Waals surface area contributed by atoms with Crippen LogP contribution >= 0.6 is 0 Å². The van der Waals surface area contributed by atoms with Gasteiger partial charge in [0.05, 0.1) is 5.69 Å². The second-order valence-electron chi connectivity index (χ2n) is 3.67. The molecule has 1 aromatic heterocycles. The third kappa shape index (κ3) is 2.40. The Labute approximate surface area is 105 Å². The standard InChI is InChI=1S/C11H12N4O2S/c1-8-4-2-5-9(12)10(8)18(16,17)15-11-13-6-3-7-14-11/h2-7H,12H2,1H3,(H,13,14,15). The molecule has 0 unspecified atom stereocenters. The quantitative estimate of drug-likeness (QED) is 0.811. The number of hydrogen-bond donors (Lipinski definition) is 2. The molecule has 2 aromatic rings. The summed E-state index contributed by atoms with van der Waals surface area (Å²) in [5.41, 5.74) is 6.46. The lowest BCUT2D eigenvalue weighted by atomic mass is 10.2. The smallest absolute Gasteiger partial charge is 0.266 e. The Morgan fingerprint density at radius 3 is 2.44 bits per heavy atom. The van der Waals surface area contributed by atoms with Gasteiger partial charge in [-0.25, -0.2) is 23.1 Å². The molecule has 2 rings (SSSR count). The molecule has 7 heteroatoms. The third-order valence-corrected chi connectivity index (χ3v) is 3.85. The Morgan fingerprint density at radius 2 is 1.83 bits per heavy atom. The van der Waals surface area contributed by atoms with E-state index >= 15 is 0 Å². The van der Waals surface area contributed by atoms with Crippen molar-refractivity contribution in [2.75, 3.05) is 10.5 Å². The minimum atomic E-state index is -3.77. The molecule has 0 fully saturated rings. The fraction of sp³-hybridized carbons (Fsp3) is 0.0909. The molecular formula is C11H12N4O2S. The molecule has 3 N–H and O–H groups in total. The zero-order valence-electron chi connectivity index (χ0n) is 9.66. The van der Waals surface area contributed by atoms with Crippen LogP contribution in [0, 0.1) is 6.92 Å². The first-order chi connectivity index (χ1) is 8.50. The van der Waals surface area contributed by atoms with Gasteiger partial charge in [-0.1, -0.05) is 12.1 Å². The number of hydrogen-bond acceptors (Lipinski definition) is 5. The fourth-order valence-electron chi connectivity index (χ4n) is 1.57. The zero-order chi connectivity index (χ0) is 13.2. The van der Waals surface area contributed by atoms with Gasteiger partial charge in [0, 0.05) is 12.4 Å². The average molecular weight is 264 g/mol. The van der Waals surface area contributed by atoms with Gasteiger partial charge >= 0.3 is 0 Å². The molecule has 0 atom stereocenters. The summed E-state index contributed by atoms with van der Waals surface area (Å²) in [5, 5.41) is 0. The molecule has 0 amide bonds. The van der Waals surface area contributed by atoms with Gasteiger partial charge in [-0.15, -0.1) is 0 Å². The van der Waals surface area contributed by atoms with Crippen LogP contribution in [0.5, 0.6) is 0 Å². The zero-order valence-corrected chi connectivity index (χ0v) is 10.5. The number of nitrogens with one attached hydrogen (secondary N) is 1. The lowest BCUT2D eigenvalue weighted by Gasteiger charge is -2.10. The van der Waals surface area contributed by atoms with Crippen LogP contribution in [0.2, 0.25) is 0 Å². The number of rotatable bonds is 3. The number of anilines is 2. The van der Waals surface area contributed by atoms with Gasteiger partial charge in [0.1, 0.15) is 4.90 Å². The first kappa shape index (κ1) is 12.3. The van der Waals surface area contributed by atoms with E-state index < -0.39 is 10.0 Å². The molecule has 0 radical (unpaired) electrons. The van der Waals surface area contributed by atoms with Gasteiger partial charge in [-0.05, 0) is 24.6 Å². The highest BCUT2D eigenvalue weighted by Crippen LogP contribution is 2.23. The van der Waals surface area contributed by atoms with Crippen molar-refractivity contribution in [3.63, 3.8) is 0 Å². The predicted molar refractivity (Wildman–Crippen MR) is 68.4 cm³/mol. The lowest BCUT2D eigenvalue weighted by molar-refractivity contribution is 0.600. The maximum absolute atomic E-state index is 12.2. The SMILES string of the molecule is Cc1cccc(N)c1S(=O)(=O)Nc1ncccn1. The Hall–Kier alpha value is -2.15. The average Bonchev–Trinajstić information content (AvgIpc) is 2.28. The molecule has 0 aliphatic rings. The molecule has 94 valence electrons. The monoisotopic (exact) mass is 264 g/mol. The Balaban J connectivity index is 2.44.